The molecule has 1 aliphatic rings. The van der Waals surface area contributed by atoms with E-state index in [-0.39, 0.29) is 11.7 Å². The van der Waals surface area contributed by atoms with E-state index in [1.807, 2.05) is 13.8 Å². The Labute approximate surface area is 96.9 Å². The first-order valence-corrected chi connectivity index (χ1v) is 5.77. The number of carbonyl (C=O) groups excluding carboxylic acids is 2. The van der Waals surface area contributed by atoms with Gasteiger partial charge in [0.25, 0.3) is 0 Å². The van der Waals surface area contributed by atoms with Crippen LogP contribution in [0.25, 0.3) is 0 Å². The lowest BCUT2D eigenvalue weighted by Crippen LogP contribution is -2.41. The summed E-state index contributed by atoms with van der Waals surface area (Å²) in [5.74, 6) is -0.325. The molecule has 0 aliphatic heterocycles. The van der Waals surface area contributed by atoms with Crippen LogP contribution in [0.2, 0.25) is 0 Å². The first-order valence-electron chi connectivity index (χ1n) is 5.77. The zero-order chi connectivity index (χ0) is 12.3. The van der Waals surface area contributed by atoms with Crippen molar-refractivity contribution in [3.05, 3.63) is 12.2 Å². The first-order chi connectivity index (χ1) is 7.48. The maximum atomic E-state index is 12.0. The summed E-state index contributed by atoms with van der Waals surface area (Å²) in [5, 5.41) is 0. The Morgan fingerprint density at radius 1 is 1.62 bits per heavy atom. The average Bonchev–Trinajstić information content (AvgIpc) is 2.56. The van der Waals surface area contributed by atoms with Crippen LogP contribution in [0.1, 0.15) is 39.5 Å². The topological polar surface area (TPSA) is 43.4 Å². The van der Waals surface area contributed by atoms with E-state index in [2.05, 4.69) is 6.58 Å². The van der Waals surface area contributed by atoms with Gasteiger partial charge in [-0.05, 0) is 25.2 Å². The number of carbonyl (C=O) groups is 2. The molecular formula is C13H20O3. The highest BCUT2D eigenvalue weighted by Crippen LogP contribution is 2.46. The van der Waals surface area contributed by atoms with Gasteiger partial charge in [0.05, 0.1) is 7.11 Å². The number of ether oxygens (including phenoxy) is 1. The van der Waals surface area contributed by atoms with Crippen molar-refractivity contribution in [3.8, 4) is 0 Å². The van der Waals surface area contributed by atoms with E-state index in [1.165, 1.54) is 7.11 Å². The van der Waals surface area contributed by atoms with Gasteiger partial charge in [-0.15, -0.1) is 0 Å². The molecule has 0 heterocycles. The number of hydrogen-bond acceptors (Lipinski definition) is 3. The smallest absolute Gasteiger partial charge is 0.319 e. The van der Waals surface area contributed by atoms with Crippen LogP contribution in [0.5, 0.6) is 0 Å². The fraction of sp³-hybridized carbons (Fsp3) is 0.692. The van der Waals surface area contributed by atoms with Gasteiger partial charge < -0.3 is 4.74 Å². The van der Waals surface area contributed by atoms with Gasteiger partial charge in [-0.1, -0.05) is 26.0 Å². The van der Waals surface area contributed by atoms with Crippen LogP contribution in [0.15, 0.2) is 12.2 Å². The minimum Gasteiger partial charge on any atom is -0.468 e. The van der Waals surface area contributed by atoms with Crippen molar-refractivity contribution in [2.24, 2.45) is 11.3 Å². The van der Waals surface area contributed by atoms with Gasteiger partial charge >= 0.3 is 5.97 Å². The van der Waals surface area contributed by atoms with E-state index in [1.54, 1.807) is 0 Å². The molecule has 3 heteroatoms. The molecule has 16 heavy (non-hydrogen) atoms. The maximum Gasteiger partial charge on any atom is 0.319 e. The van der Waals surface area contributed by atoms with Gasteiger partial charge in [0.1, 0.15) is 5.41 Å². The number of rotatable bonds is 4. The van der Waals surface area contributed by atoms with Gasteiger partial charge in [-0.25, -0.2) is 0 Å². The maximum absolute atomic E-state index is 12.0. The SMILES string of the molecule is C=C(CC)CC1(C(=O)OC)C(=O)CCC1C. The Morgan fingerprint density at radius 3 is 2.62 bits per heavy atom. The number of esters is 1. The highest BCUT2D eigenvalue weighted by atomic mass is 16.5. The zero-order valence-electron chi connectivity index (χ0n) is 10.3. The molecule has 1 saturated carbocycles. The lowest BCUT2D eigenvalue weighted by molar-refractivity contribution is -0.158. The van der Waals surface area contributed by atoms with E-state index < -0.39 is 11.4 Å². The highest BCUT2D eigenvalue weighted by Gasteiger charge is 2.54. The third-order valence-corrected chi connectivity index (χ3v) is 3.72. The molecule has 0 bridgehead atoms. The van der Waals surface area contributed by atoms with Crippen LogP contribution < -0.4 is 0 Å². The Morgan fingerprint density at radius 2 is 2.25 bits per heavy atom. The minimum absolute atomic E-state index is 0.0152. The van der Waals surface area contributed by atoms with Crippen molar-refractivity contribution in [2.45, 2.75) is 39.5 Å². The summed E-state index contributed by atoms with van der Waals surface area (Å²) in [5.41, 5.74) is -0.0190. The molecule has 2 unspecified atom stereocenters. The zero-order valence-corrected chi connectivity index (χ0v) is 10.3. The number of methoxy groups -OCH3 is 1. The van der Waals surface area contributed by atoms with Crippen molar-refractivity contribution >= 4 is 11.8 Å². The summed E-state index contributed by atoms with van der Waals surface area (Å²) in [6.45, 7) is 7.84. The lowest BCUT2D eigenvalue weighted by atomic mass is 9.73. The number of allylic oxidation sites excluding steroid dienone is 1. The van der Waals surface area contributed by atoms with Crippen molar-refractivity contribution < 1.29 is 14.3 Å². The molecule has 0 amide bonds. The fourth-order valence-electron chi connectivity index (χ4n) is 2.45. The van der Waals surface area contributed by atoms with Gasteiger partial charge in [0, 0.05) is 6.42 Å². The summed E-state index contributed by atoms with van der Waals surface area (Å²) in [6.07, 6.45) is 2.48. The minimum atomic E-state index is -0.957. The summed E-state index contributed by atoms with van der Waals surface area (Å²) in [4.78, 5) is 23.9. The summed E-state index contributed by atoms with van der Waals surface area (Å²) >= 11 is 0. The Kier molecular flexibility index (Phi) is 3.89. The molecule has 0 aromatic heterocycles. The Balaban J connectivity index is 3.06. The van der Waals surface area contributed by atoms with Gasteiger partial charge in [0.15, 0.2) is 5.78 Å². The third-order valence-electron chi connectivity index (χ3n) is 3.72. The van der Waals surface area contributed by atoms with Crippen LogP contribution in [0.4, 0.5) is 0 Å². The molecule has 0 N–H and O–H groups in total. The normalized spacial score (nSPS) is 29.2. The average molecular weight is 224 g/mol. The second-order valence-corrected chi connectivity index (χ2v) is 4.61. The third kappa shape index (κ3) is 1.91. The number of Topliss-reactive ketones (excluding diaryl/α,β-unsaturated/α-hetero) is 1. The number of ketones is 1. The molecule has 0 saturated heterocycles. The van der Waals surface area contributed by atoms with Crippen molar-refractivity contribution in [2.75, 3.05) is 7.11 Å². The van der Waals surface area contributed by atoms with E-state index in [4.69, 9.17) is 4.74 Å². The van der Waals surface area contributed by atoms with E-state index >= 15 is 0 Å². The van der Waals surface area contributed by atoms with Crippen LogP contribution in [0.3, 0.4) is 0 Å². The first kappa shape index (κ1) is 12.9. The molecule has 0 aromatic rings. The number of hydrogen-bond donors (Lipinski definition) is 0. The van der Waals surface area contributed by atoms with E-state index in [0.717, 1.165) is 18.4 Å². The molecular weight excluding hydrogens is 204 g/mol. The molecule has 2 atom stereocenters. The molecule has 0 radical (unpaired) electrons. The van der Waals surface area contributed by atoms with Gasteiger partial charge in [0.2, 0.25) is 0 Å². The summed E-state index contributed by atoms with van der Waals surface area (Å²) in [7, 11) is 1.34. The summed E-state index contributed by atoms with van der Waals surface area (Å²) in [6, 6.07) is 0. The Bertz CT molecular complexity index is 319. The van der Waals surface area contributed by atoms with Crippen LogP contribution >= 0.6 is 0 Å². The molecule has 3 nitrogen and oxygen atoms in total. The summed E-state index contributed by atoms with van der Waals surface area (Å²) < 4.78 is 4.82. The molecule has 1 fully saturated rings. The van der Waals surface area contributed by atoms with Gasteiger partial charge in [-0.2, -0.15) is 0 Å². The van der Waals surface area contributed by atoms with Crippen LogP contribution in [0, 0.1) is 11.3 Å². The van der Waals surface area contributed by atoms with Crippen molar-refractivity contribution in [1.29, 1.82) is 0 Å². The predicted octanol–water partition coefficient (Wildman–Crippen LogP) is 2.50. The fourth-order valence-corrected chi connectivity index (χ4v) is 2.45. The van der Waals surface area contributed by atoms with E-state index in [9.17, 15) is 9.59 Å². The van der Waals surface area contributed by atoms with Gasteiger partial charge in [-0.3, -0.25) is 9.59 Å². The van der Waals surface area contributed by atoms with Crippen molar-refractivity contribution in [3.63, 3.8) is 0 Å². The van der Waals surface area contributed by atoms with Crippen LogP contribution in [-0.2, 0) is 14.3 Å². The monoisotopic (exact) mass is 224 g/mol. The van der Waals surface area contributed by atoms with Crippen molar-refractivity contribution in [1.82, 2.24) is 0 Å². The highest BCUT2D eigenvalue weighted by molar-refractivity contribution is 6.05. The molecule has 90 valence electrons. The molecule has 1 rings (SSSR count). The van der Waals surface area contributed by atoms with E-state index in [0.29, 0.717) is 12.8 Å². The Hall–Kier alpha value is -1.12. The van der Waals surface area contributed by atoms with Crippen LogP contribution in [-0.4, -0.2) is 18.9 Å². The quantitative estimate of drug-likeness (QED) is 0.418. The lowest BCUT2D eigenvalue weighted by Gasteiger charge is -2.29. The molecule has 0 spiro atoms. The molecule has 0 aromatic carbocycles. The largest absolute Gasteiger partial charge is 0.468 e. The molecule has 1 aliphatic carbocycles. The standard InChI is InChI=1S/C13H20O3/c1-5-9(2)8-13(12(15)16-4)10(3)6-7-11(13)14/h10H,2,5-8H2,1,3-4H3. The second-order valence-electron chi connectivity index (χ2n) is 4.61. The predicted molar refractivity (Wildman–Crippen MR) is 61.9 cm³/mol. The second kappa shape index (κ2) is 4.81.